The molecule has 2 nitrogen and oxygen atoms in total. The van der Waals surface area contributed by atoms with Gasteiger partial charge >= 0.3 is 0 Å². The molecule has 0 N–H and O–H groups in total. The minimum atomic E-state index is 0.666. The molecule has 2 aromatic carbocycles. The highest BCUT2D eigenvalue weighted by molar-refractivity contribution is 5.82. The van der Waals surface area contributed by atoms with Crippen LogP contribution in [0.5, 0.6) is 0 Å². The van der Waals surface area contributed by atoms with Gasteiger partial charge in [0, 0.05) is 6.21 Å². The Morgan fingerprint density at radius 3 is 2.28 bits per heavy atom. The van der Waals surface area contributed by atoms with Crippen molar-refractivity contribution in [1.29, 1.82) is 5.26 Å². The molecule has 0 aromatic heterocycles. The van der Waals surface area contributed by atoms with Crippen LogP contribution in [0, 0.1) is 11.3 Å². The summed E-state index contributed by atoms with van der Waals surface area (Å²) < 4.78 is 0. The zero-order valence-corrected chi connectivity index (χ0v) is 10.3. The van der Waals surface area contributed by atoms with Gasteiger partial charge in [0.15, 0.2) is 0 Å². The molecule has 0 radical (unpaired) electrons. The third-order valence-electron chi connectivity index (χ3n) is 2.75. The van der Waals surface area contributed by atoms with Gasteiger partial charge in [-0.3, -0.25) is 4.99 Å². The van der Waals surface area contributed by atoms with E-state index in [4.69, 9.17) is 5.26 Å². The number of hydrogen-bond donors (Lipinski definition) is 0. The van der Waals surface area contributed by atoms with Crippen molar-refractivity contribution in [1.82, 2.24) is 0 Å². The maximum absolute atomic E-state index is 8.70. The molecule has 2 heteroatoms. The molecule has 0 bridgehead atoms. The predicted octanol–water partition coefficient (Wildman–Crippen LogP) is 3.87. The van der Waals surface area contributed by atoms with E-state index in [2.05, 4.69) is 30.1 Å². The van der Waals surface area contributed by atoms with Gasteiger partial charge in [-0.15, -0.1) is 0 Å². The molecule has 0 saturated carbocycles. The molecule has 0 unspecified atom stereocenters. The van der Waals surface area contributed by atoms with Crippen LogP contribution in [0.4, 0.5) is 5.69 Å². The van der Waals surface area contributed by atoms with E-state index >= 15 is 0 Å². The van der Waals surface area contributed by atoms with E-state index in [0.717, 1.165) is 17.7 Å². The fourth-order valence-corrected chi connectivity index (χ4v) is 1.61. The molecular weight excluding hydrogens is 220 g/mol. The highest BCUT2D eigenvalue weighted by Gasteiger charge is 1.92. The van der Waals surface area contributed by atoms with Gasteiger partial charge in [0.05, 0.1) is 17.3 Å². The number of hydrogen-bond acceptors (Lipinski definition) is 2. The van der Waals surface area contributed by atoms with Crippen LogP contribution in [-0.2, 0) is 6.42 Å². The van der Waals surface area contributed by atoms with Crippen LogP contribution in [-0.4, -0.2) is 6.21 Å². The Morgan fingerprint density at radius 2 is 1.72 bits per heavy atom. The summed E-state index contributed by atoms with van der Waals surface area (Å²) in [5, 5.41) is 8.70. The molecule has 2 aromatic rings. The van der Waals surface area contributed by atoms with E-state index in [1.807, 2.05) is 30.5 Å². The molecule has 0 saturated heterocycles. The maximum Gasteiger partial charge on any atom is 0.0991 e. The van der Waals surface area contributed by atoms with E-state index in [1.54, 1.807) is 12.1 Å². The van der Waals surface area contributed by atoms with Crippen LogP contribution in [0.2, 0.25) is 0 Å². The first-order valence-electron chi connectivity index (χ1n) is 5.95. The maximum atomic E-state index is 8.70. The van der Waals surface area contributed by atoms with Crippen molar-refractivity contribution >= 4 is 11.9 Å². The zero-order chi connectivity index (χ0) is 12.8. The van der Waals surface area contributed by atoms with Gasteiger partial charge in [-0.2, -0.15) is 5.26 Å². The monoisotopic (exact) mass is 234 g/mol. The molecule has 0 amide bonds. The number of aliphatic imine (C=N–C) groups is 1. The number of benzene rings is 2. The summed E-state index contributed by atoms with van der Waals surface area (Å²) in [4.78, 5) is 4.40. The normalized spacial score (nSPS) is 10.4. The molecule has 0 spiro atoms. The Balaban J connectivity index is 2.11. The van der Waals surface area contributed by atoms with E-state index < -0.39 is 0 Å². The molecule has 0 fully saturated rings. The number of nitrogens with zero attached hydrogens (tertiary/aromatic N) is 2. The minimum Gasteiger partial charge on any atom is -0.256 e. The molecular formula is C16H14N2. The molecule has 0 aliphatic carbocycles. The second-order valence-electron chi connectivity index (χ2n) is 4.01. The number of rotatable bonds is 3. The SMILES string of the molecule is CCc1ccc(/N=C/c2ccc(C#N)cc2)cc1. The zero-order valence-electron chi connectivity index (χ0n) is 10.3. The van der Waals surface area contributed by atoms with Crippen LogP contribution in [0.15, 0.2) is 53.5 Å². The fourth-order valence-electron chi connectivity index (χ4n) is 1.61. The molecule has 0 aliphatic rings. The van der Waals surface area contributed by atoms with Gasteiger partial charge in [0.2, 0.25) is 0 Å². The minimum absolute atomic E-state index is 0.666. The molecule has 88 valence electrons. The van der Waals surface area contributed by atoms with Crippen molar-refractivity contribution in [2.24, 2.45) is 4.99 Å². The van der Waals surface area contributed by atoms with Crippen molar-refractivity contribution in [2.45, 2.75) is 13.3 Å². The Kier molecular flexibility index (Phi) is 3.88. The molecule has 0 atom stereocenters. The Labute approximate surface area is 107 Å². The Bertz CT molecular complexity index is 572. The Hall–Kier alpha value is -2.40. The van der Waals surface area contributed by atoms with E-state index in [0.29, 0.717) is 5.56 Å². The Morgan fingerprint density at radius 1 is 1.06 bits per heavy atom. The van der Waals surface area contributed by atoms with Crippen molar-refractivity contribution in [2.75, 3.05) is 0 Å². The van der Waals surface area contributed by atoms with E-state index in [9.17, 15) is 0 Å². The van der Waals surface area contributed by atoms with Crippen LogP contribution < -0.4 is 0 Å². The largest absolute Gasteiger partial charge is 0.256 e. The van der Waals surface area contributed by atoms with Crippen molar-refractivity contribution < 1.29 is 0 Å². The first-order chi connectivity index (χ1) is 8.81. The van der Waals surface area contributed by atoms with Crippen LogP contribution in [0.1, 0.15) is 23.6 Å². The number of nitriles is 1. The third kappa shape index (κ3) is 3.05. The van der Waals surface area contributed by atoms with Gasteiger partial charge in [-0.05, 0) is 41.8 Å². The summed E-state index contributed by atoms with van der Waals surface area (Å²) in [5.74, 6) is 0. The molecule has 2 rings (SSSR count). The standard InChI is InChI=1S/C16H14N2/c1-2-13-7-9-16(10-8-13)18-12-15-5-3-14(11-17)4-6-15/h3-10,12H,2H2,1H3/b18-12+. The lowest BCUT2D eigenvalue weighted by Crippen LogP contribution is -1.81. The van der Waals surface area contributed by atoms with Crippen molar-refractivity contribution in [3.63, 3.8) is 0 Å². The predicted molar refractivity (Wildman–Crippen MR) is 74.2 cm³/mol. The van der Waals surface area contributed by atoms with E-state index in [1.165, 1.54) is 5.56 Å². The fraction of sp³-hybridized carbons (Fsp3) is 0.125. The van der Waals surface area contributed by atoms with Crippen molar-refractivity contribution in [3.05, 3.63) is 65.2 Å². The van der Waals surface area contributed by atoms with Crippen molar-refractivity contribution in [3.8, 4) is 6.07 Å². The highest BCUT2D eigenvalue weighted by Crippen LogP contribution is 2.13. The van der Waals surface area contributed by atoms with Gasteiger partial charge in [0.1, 0.15) is 0 Å². The second kappa shape index (κ2) is 5.79. The summed E-state index contributed by atoms with van der Waals surface area (Å²) in [6.07, 6.45) is 2.85. The molecule has 18 heavy (non-hydrogen) atoms. The average molecular weight is 234 g/mol. The average Bonchev–Trinajstić information content (AvgIpc) is 2.46. The smallest absolute Gasteiger partial charge is 0.0991 e. The summed E-state index contributed by atoms with van der Waals surface area (Å²) in [6, 6.07) is 17.7. The second-order valence-corrected chi connectivity index (χ2v) is 4.01. The molecule has 0 aliphatic heterocycles. The summed E-state index contributed by atoms with van der Waals surface area (Å²) in [5.41, 5.74) is 3.91. The topological polar surface area (TPSA) is 36.1 Å². The number of aryl methyl sites for hydroxylation is 1. The van der Waals surface area contributed by atoms with Crippen LogP contribution in [0.3, 0.4) is 0 Å². The van der Waals surface area contributed by atoms with Gasteiger partial charge < -0.3 is 0 Å². The first kappa shape index (κ1) is 12.1. The quantitative estimate of drug-likeness (QED) is 0.742. The van der Waals surface area contributed by atoms with Gasteiger partial charge in [-0.25, -0.2) is 0 Å². The first-order valence-corrected chi connectivity index (χ1v) is 5.95. The summed E-state index contributed by atoms with van der Waals surface area (Å²) in [6.45, 7) is 2.13. The summed E-state index contributed by atoms with van der Waals surface area (Å²) in [7, 11) is 0. The lowest BCUT2D eigenvalue weighted by Gasteiger charge is -1.97. The third-order valence-corrected chi connectivity index (χ3v) is 2.75. The van der Waals surface area contributed by atoms with E-state index in [-0.39, 0.29) is 0 Å². The van der Waals surface area contributed by atoms with Gasteiger partial charge in [0.25, 0.3) is 0 Å². The molecule has 0 heterocycles. The lowest BCUT2D eigenvalue weighted by molar-refractivity contribution is 1.14. The highest BCUT2D eigenvalue weighted by atomic mass is 14.7. The summed E-state index contributed by atoms with van der Waals surface area (Å²) >= 11 is 0. The van der Waals surface area contributed by atoms with Crippen LogP contribution in [0.25, 0.3) is 0 Å². The van der Waals surface area contributed by atoms with Crippen LogP contribution >= 0.6 is 0 Å². The lowest BCUT2D eigenvalue weighted by atomic mass is 10.1. The van der Waals surface area contributed by atoms with Gasteiger partial charge in [-0.1, -0.05) is 31.2 Å².